The monoisotopic (exact) mass is 387 g/mol. The molecular weight excluding hydrogens is 361 g/mol. The van der Waals surface area contributed by atoms with E-state index < -0.39 is 21.6 Å². The molecule has 1 saturated heterocycles. The first-order chi connectivity index (χ1) is 12.1. The zero-order valence-corrected chi connectivity index (χ0v) is 16.1. The van der Waals surface area contributed by atoms with Gasteiger partial charge in [0.05, 0.1) is 4.75 Å². The summed E-state index contributed by atoms with van der Waals surface area (Å²) in [5.74, 6) is 0.387. The number of sulfonamides is 1. The summed E-state index contributed by atoms with van der Waals surface area (Å²) in [4.78, 5) is 14.0. The van der Waals surface area contributed by atoms with E-state index in [1.807, 2.05) is 0 Å². The van der Waals surface area contributed by atoms with Gasteiger partial charge in [-0.3, -0.25) is 0 Å². The van der Waals surface area contributed by atoms with Gasteiger partial charge >= 0.3 is 6.03 Å². The average molecular weight is 387 g/mol. The van der Waals surface area contributed by atoms with E-state index in [0.29, 0.717) is 37.4 Å². The fourth-order valence-electron chi connectivity index (χ4n) is 2.50. The molecule has 1 aliphatic rings. The van der Waals surface area contributed by atoms with Crippen LogP contribution in [-0.4, -0.2) is 50.1 Å². The number of carbonyl (C=O) groups is 1. The molecular formula is C17H26FN3O4S. The molecule has 7 nitrogen and oxygen atoms in total. The van der Waals surface area contributed by atoms with Gasteiger partial charge in [-0.1, -0.05) is 0 Å². The number of urea groups is 1. The molecule has 0 bridgehead atoms. The summed E-state index contributed by atoms with van der Waals surface area (Å²) in [6.07, 6.45) is 1.12. The van der Waals surface area contributed by atoms with Gasteiger partial charge in [0.2, 0.25) is 16.9 Å². The van der Waals surface area contributed by atoms with Gasteiger partial charge in [-0.25, -0.2) is 22.3 Å². The van der Waals surface area contributed by atoms with Crippen LogP contribution in [-0.2, 0) is 10.0 Å². The summed E-state index contributed by atoms with van der Waals surface area (Å²) in [6.45, 7) is 4.99. The molecule has 2 amide bonds. The molecule has 1 aromatic carbocycles. The molecule has 0 unspecified atom stereocenters. The third-order valence-corrected chi connectivity index (χ3v) is 6.49. The predicted molar refractivity (Wildman–Crippen MR) is 98.5 cm³/mol. The maximum absolute atomic E-state index is 12.3. The lowest BCUT2D eigenvalue weighted by atomic mass is 10.1. The van der Waals surface area contributed by atoms with Crippen molar-refractivity contribution in [1.82, 2.24) is 9.62 Å². The summed E-state index contributed by atoms with van der Waals surface area (Å²) >= 11 is 0. The highest BCUT2D eigenvalue weighted by Gasteiger charge is 2.33. The number of ether oxygens (including phenoxy) is 1. The molecule has 0 saturated carbocycles. The second-order valence-corrected chi connectivity index (χ2v) is 9.67. The first-order valence-corrected chi connectivity index (χ1v) is 9.97. The normalized spacial score (nSPS) is 16.4. The highest BCUT2D eigenvalue weighted by molar-refractivity contribution is 7.90. The van der Waals surface area contributed by atoms with E-state index in [2.05, 4.69) is 10.0 Å². The van der Waals surface area contributed by atoms with Gasteiger partial charge in [-0.2, -0.15) is 0 Å². The highest BCUT2D eigenvalue weighted by atomic mass is 32.2. The molecule has 0 spiro atoms. The Morgan fingerprint density at radius 1 is 1.23 bits per heavy atom. The summed E-state index contributed by atoms with van der Waals surface area (Å²) in [5, 5.41) is 2.77. The Kier molecular flexibility index (Phi) is 6.46. The molecule has 1 aromatic rings. The number of nitrogens with one attached hydrogen (secondary N) is 2. The van der Waals surface area contributed by atoms with Crippen molar-refractivity contribution in [2.24, 2.45) is 0 Å². The lowest BCUT2D eigenvalue weighted by molar-refractivity contribution is 0.191. The summed E-state index contributed by atoms with van der Waals surface area (Å²) < 4.78 is 43.1. The van der Waals surface area contributed by atoms with E-state index in [9.17, 15) is 17.6 Å². The summed E-state index contributed by atoms with van der Waals surface area (Å²) in [7, 11) is -3.40. The van der Waals surface area contributed by atoms with Crippen molar-refractivity contribution in [2.75, 3.05) is 25.3 Å². The second-order valence-electron chi connectivity index (χ2n) is 7.20. The van der Waals surface area contributed by atoms with Crippen LogP contribution in [0.5, 0.6) is 5.75 Å². The Bertz CT molecular complexity index is 709. The topological polar surface area (TPSA) is 87.7 Å². The van der Waals surface area contributed by atoms with Crippen LogP contribution in [0.1, 0.15) is 33.6 Å². The van der Waals surface area contributed by atoms with Crippen molar-refractivity contribution >= 4 is 21.7 Å². The molecule has 1 aliphatic heterocycles. The average Bonchev–Trinajstić information content (AvgIpc) is 2.56. The summed E-state index contributed by atoms with van der Waals surface area (Å²) in [5.41, 5.74) is 0.580. The van der Waals surface area contributed by atoms with Gasteiger partial charge < -0.3 is 15.0 Å². The van der Waals surface area contributed by atoms with E-state index in [1.165, 1.54) is 0 Å². The Balaban J connectivity index is 1.84. The first-order valence-electron chi connectivity index (χ1n) is 8.49. The van der Waals surface area contributed by atoms with E-state index in [4.69, 9.17) is 4.74 Å². The molecule has 146 valence electrons. The van der Waals surface area contributed by atoms with Gasteiger partial charge in [0, 0.05) is 24.8 Å². The van der Waals surface area contributed by atoms with Crippen LogP contribution in [0.15, 0.2) is 24.3 Å². The van der Waals surface area contributed by atoms with Gasteiger partial charge in [0.15, 0.2) is 0 Å². The van der Waals surface area contributed by atoms with Gasteiger partial charge in [-0.15, -0.1) is 0 Å². The Morgan fingerprint density at radius 2 is 1.81 bits per heavy atom. The van der Waals surface area contributed by atoms with Crippen molar-refractivity contribution in [3.05, 3.63) is 24.3 Å². The van der Waals surface area contributed by atoms with Crippen LogP contribution >= 0.6 is 0 Å². The fraction of sp³-hybridized carbons (Fsp3) is 0.588. The molecule has 2 rings (SSSR count). The zero-order valence-electron chi connectivity index (χ0n) is 15.3. The summed E-state index contributed by atoms with van der Waals surface area (Å²) in [6, 6.07) is 5.99. The van der Waals surface area contributed by atoms with Gasteiger partial charge in [-0.05, 0) is 57.9 Å². The standard InChI is InChI=1S/C17H26FN3O4S/c1-17(2,3)26(23,24)20-14-8-10-21(11-9-14)16(22)19-13-4-6-15(7-5-13)25-12-18/h4-7,14,20H,8-12H2,1-3H3,(H,19,22). The molecule has 0 aliphatic carbocycles. The largest absolute Gasteiger partial charge is 0.463 e. The van der Waals surface area contributed by atoms with Gasteiger partial charge in [0.25, 0.3) is 0 Å². The van der Waals surface area contributed by atoms with Crippen LogP contribution in [0, 0.1) is 0 Å². The number of alkyl halides is 1. The predicted octanol–water partition coefficient (Wildman–Crippen LogP) is 2.71. The number of likely N-dealkylation sites (tertiary alicyclic amines) is 1. The number of nitrogens with zero attached hydrogens (tertiary/aromatic N) is 1. The number of carbonyl (C=O) groups excluding carboxylic acids is 1. The van der Waals surface area contributed by atoms with Crippen molar-refractivity contribution in [1.29, 1.82) is 0 Å². The highest BCUT2D eigenvalue weighted by Crippen LogP contribution is 2.19. The Labute approximate surface area is 154 Å². The number of anilines is 1. The molecule has 2 N–H and O–H groups in total. The lowest BCUT2D eigenvalue weighted by Crippen LogP contribution is -2.50. The van der Waals surface area contributed by atoms with Crippen LogP contribution in [0.2, 0.25) is 0 Å². The van der Waals surface area contributed by atoms with E-state index >= 15 is 0 Å². The molecule has 9 heteroatoms. The maximum Gasteiger partial charge on any atom is 0.321 e. The van der Waals surface area contributed by atoms with E-state index in [0.717, 1.165) is 0 Å². The van der Waals surface area contributed by atoms with Crippen molar-refractivity contribution < 1.29 is 22.3 Å². The number of amides is 2. The van der Waals surface area contributed by atoms with Crippen molar-refractivity contribution in [3.8, 4) is 5.75 Å². The van der Waals surface area contributed by atoms with Crippen molar-refractivity contribution in [2.45, 2.75) is 44.4 Å². The maximum atomic E-state index is 12.3. The molecule has 26 heavy (non-hydrogen) atoms. The third kappa shape index (κ3) is 5.31. The molecule has 0 atom stereocenters. The number of piperidine rings is 1. The third-order valence-electron chi connectivity index (χ3n) is 4.24. The molecule has 0 aromatic heterocycles. The minimum absolute atomic E-state index is 0.166. The minimum Gasteiger partial charge on any atom is -0.463 e. The number of hydrogen-bond acceptors (Lipinski definition) is 4. The van der Waals surface area contributed by atoms with Crippen LogP contribution in [0.25, 0.3) is 0 Å². The van der Waals surface area contributed by atoms with Crippen LogP contribution in [0.4, 0.5) is 14.9 Å². The zero-order chi connectivity index (χ0) is 19.4. The Hall–Kier alpha value is -1.87. The minimum atomic E-state index is -3.40. The number of hydrogen-bond donors (Lipinski definition) is 2. The lowest BCUT2D eigenvalue weighted by Gasteiger charge is -2.33. The Morgan fingerprint density at radius 3 is 2.31 bits per heavy atom. The first kappa shape index (κ1) is 20.4. The smallest absolute Gasteiger partial charge is 0.321 e. The van der Waals surface area contributed by atoms with Gasteiger partial charge in [0.1, 0.15) is 5.75 Å². The fourth-order valence-corrected chi connectivity index (χ4v) is 3.52. The van der Waals surface area contributed by atoms with Crippen molar-refractivity contribution in [3.63, 3.8) is 0 Å². The SMILES string of the molecule is CC(C)(C)S(=O)(=O)NC1CCN(C(=O)Nc2ccc(OCF)cc2)CC1. The number of halogens is 1. The molecule has 1 heterocycles. The second kappa shape index (κ2) is 8.22. The number of benzene rings is 1. The molecule has 1 fully saturated rings. The quantitative estimate of drug-likeness (QED) is 0.813. The van der Waals surface area contributed by atoms with E-state index in [-0.39, 0.29) is 12.1 Å². The molecule has 0 radical (unpaired) electrons. The van der Waals surface area contributed by atoms with Crippen LogP contribution < -0.4 is 14.8 Å². The van der Waals surface area contributed by atoms with E-state index in [1.54, 1.807) is 49.9 Å². The number of rotatable bonds is 5. The van der Waals surface area contributed by atoms with Crippen LogP contribution in [0.3, 0.4) is 0 Å².